The Morgan fingerprint density at radius 1 is 0.938 bits per heavy atom. The first-order valence-corrected chi connectivity index (χ1v) is 11.0. The molecule has 2 aliphatic rings. The van der Waals surface area contributed by atoms with E-state index in [-0.39, 0.29) is 36.3 Å². The molecule has 6 nitrogen and oxygen atoms in total. The van der Waals surface area contributed by atoms with E-state index >= 15 is 0 Å². The van der Waals surface area contributed by atoms with Gasteiger partial charge in [0.15, 0.2) is 17.3 Å². The fraction of sp³-hybridized carbons (Fsp3) is 0.333. The van der Waals surface area contributed by atoms with Crippen LogP contribution in [0.4, 0.5) is 4.39 Å². The van der Waals surface area contributed by atoms with Crippen LogP contribution < -0.4 is 19.5 Å². The highest BCUT2D eigenvalue weighted by Gasteiger charge is 2.38. The number of ether oxygens (including phenoxy) is 3. The number of amides is 1. The van der Waals surface area contributed by atoms with Crippen LogP contribution in [-0.2, 0) is 9.59 Å². The molecule has 0 spiro atoms. The monoisotopic (exact) mass is 503 g/mol. The standard InChI is InChI=1S/C24H23BrFNO5/c1-30-20-9-14(10-21(31-2)24(20)32-3)13-7-18-23(19(28)8-13)15(11-22(29)27-18)12-4-5-17(26)16(25)6-12/h4-6,9-10,13,15H,7-8,11H2,1-3H3,(H,27,29). The van der Waals surface area contributed by atoms with Crippen molar-refractivity contribution in [1.29, 1.82) is 0 Å². The topological polar surface area (TPSA) is 73.9 Å². The van der Waals surface area contributed by atoms with Gasteiger partial charge in [0.25, 0.3) is 0 Å². The molecule has 0 aromatic heterocycles. The van der Waals surface area contributed by atoms with E-state index in [4.69, 9.17) is 14.2 Å². The lowest BCUT2D eigenvalue weighted by atomic mass is 9.73. The van der Waals surface area contributed by atoms with Gasteiger partial charge in [0.2, 0.25) is 11.7 Å². The van der Waals surface area contributed by atoms with Crippen molar-refractivity contribution < 1.29 is 28.2 Å². The number of benzene rings is 2. The molecule has 32 heavy (non-hydrogen) atoms. The van der Waals surface area contributed by atoms with Gasteiger partial charge in [-0.05, 0) is 63.7 Å². The highest BCUT2D eigenvalue weighted by molar-refractivity contribution is 9.10. The molecule has 2 unspecified atom stereocenters. The van der Waals surface area contributed by atoms with E-state index in [9.17, 15) is 14.0 Å². The molecule has 1 aliphatic carbocycles. The molecule has 0 saturated heterocycles. The summed E-state index contributed by atoms with van der Waals surface area (Å²) in [6.07, 6.45) is 0.925. The second-order valence-corrected chi connectivity index (χ2v) is 8.71. The van der Waals surface area contributed by atoms with Gasteiger partial charge in [-0.2, -0.15) is 0 Å². The van der Waals surface area contributed by atoms with Crippen LogP contribution in [0.2, 0.25) is 0 Å². The Labute approximate surface area is 193 Å². The summed E-state index contributed by atoms with van der Waals surface area (Å²) in [5.41, 5.74) is 2.83. The van der Waals surface area contributed by atoms with Crippen molar-refractivity contribution in [2.75, 3.05) is 21.3 Å². The molecule has 8 heteroatoms. The van der Waals surface area contributed by atoms with Gasteiger partial charge in [-0.15, -0.1) is 0 Å². The minimum Gasteiger partial charge on any atom is -0.493 e. The number of halogens is 2. The van der Waals surface area contributed by atoms with Crippen molar-refractivity contribution in [3.63, 3.8) is 0 Å². The fourth-order valence-corrected chi connectivity index (χ4v) is 4.94. The number of allylic oxidation sites excluding steroid dienone is 2. The third-order valence-corrected chi connectivity index (χ3v) is 6.65. The molecule has 1 amide bonds. The van der Waals surface area contributed by atoms with E-state index in [1.807, 2.05) is 12.1 Å². The summed E-state index contributed by atoms with van der Waals surface area (Å²) < 4.78 is 30.3. The lowest BCUT2D eigenvalue weighted by molar-refractivity contribution is -0.122. The van der Waals surface area contributed by atoms with E-state index in [1.54, 1.807) is 26.4 Å². The summed E-state index contributed by atoms with van der Waals surface area (Å²) in [5, 5.41) is 2.90. The van der Waals surface area contributed by atoms with Crippen LogP contribution in [0.15, 0.2) is 46.1 Å². The van der Waals surface area contributed by atoms with Gasteiger partial charge in [-0.1, -0.05) is 6.07 Å². The van der Waals surface area contributed by atoms with Gasteiger partial charge < -0.3 is 19.5 Å². The molecule has 4 rings (SSSR count). The molecule has 1 N–H and O–H groups in total. The van der Waals surface area contributed by atoms with Crippen molar-refractivity contribution in [3.05, 3.63) is 63.0 Å². The molecule has 2 aromatic carbocycles. The molecule has 168 valence electrons. The second-order valence-electron chi connectivity index (χ2n) is 7.86. The van der Waals surface area contributed by atoms with Gasteiger partial charge in [0, 0.05) is 30.0 Å². The van der Waals surface area contributed by atoms with Gasteiger partial charge in [0.05, 0.1) is 25.8 Å². The second kappa shape index (κ2) is 8.94. The van der Waals surface area contributed by atoms with Crippen molar-refractivity contribution in [2.45, 2.75) is 31.1 Å². The molecule has 1 aliphatic heterocycles. The minimum absolute atomic E-state index is 0.0320. The molecular weight excluding hydrogens is 481 g/mol. The molecule has 0 bridgehead atoms. The van der Waals surface area contributed by atoms with Gasteiger partial charge in [-0.25, -0.2) is 4.39 Å². The molecule has 1 heterocycles. The van der Waals surface area contributed by atoms with Crippen LogP contribution in [0, 0.1) is 5.82 Å². The maximum Gasteiger partial charge on any atom is 0.225 e. The number of Topliss-reactive ketones (excluding diaryl/α,β-unsaturated/α-hetero) is 1. The lowest BCUT2D eigenvalue weighted by Gasteiger charge is -2.34. The summed E-state index contributed by atoms with van der Waals surface area (Å²) in [6.45, 7) is 0. The summed E-state index contributed by atoms with van der Waals surface area (Å²) >= 11 is 3.20. The van der Waals surface area contributed by atoms with Crippen LogP contribution >= 0.6 is 15.9 Å². The highest BCUT2D eigenvalue weighted by atomic mass is 79.9. The smallest absolute Gasteiger partial charge is 0.225 e. The number of carbonyl (C=O) groups excluding carboxylic acids is 2. The summed E-state index contributed by atoms with van der Waals surface area (Å²) in [4.78, 5) is 25.8. The third kappa shape index (κ3) is 3.99. The van der Waals surface area contributed by atoms with E-state index in [1.165, 1.54) is 13.2 Å². The largest absolute Gasteiger partial charge is 0.493 e. The van der Waals surface area contributed by atoms with Gasteiger partial charge >= 0.3 is 0 Å². The summed E-state index contributed by atoms with van der Waals surface area (Å²) in [5.74, 6) is 0.363. The Hall–Kier alpha value is -2.87. The predicted octanol–water partition coefficient (Wildman–Crippen LogP) is 4.62. The van der Waals surface area contributed by atoms with Crippen molar-refractivity contribution >= 4 is 27.6 Å². The average molecular weight is 504 g/mol. The first-order valence-electron chi connectivity index (χ1n) is 10.2. The maximum atomic E-state index is 13.7. The number of nitrogens with one attached hydrogen (secondary N) is 1. The normalized spacial score (nSPS) is 20.5. The quantitative estimate of drug-likeness (QED) is 0.644. The molecule has 0 radical (unpaired) electrons. The Balaban J connectivity index is 1.73. The molecule has 0 fully saturated rings. The minimum atomic E-state index is -0.399. The van der Waals surface area contributed by atoms with E-state index < -0.39 is 5.92 Å². The fourth-order valence-electron chi connectivity index (χ4n) is 4.55. The van der Waals surface area contributed by atoms with Crippen LogP contribution in [0.1, 0.15) is 42.2 Å². The predicted molar refractivity (Wildman–Crippen MR) is 120 cm³/mol. The summed E-state index contributed by atoms with van der Waals surface area (Å²) in [7, 11) is 4.62. The number of hydrogen-bond acceptors (Lipinski definition) is 5. The van der Waals surface area contributed by atoms with E-state index in [0.717, 1.165) is 11.1 Å². The van der Waals surface area contributed by atoms with Crippen LogP contribution in [0.3, 0.4) is 0 Å². The number of hydrogen-bond donors (Lipinski definition) is 1. The zero-order valence-electron chi connectivity index (χ0n) is 18.0. The number of rotatable bonds is 5. The van der Waals surface area contributed by atoms with Crippen LogP contribution in [-0.4, -0.2) is 33.0 Å². The Bertz CT molecular complexity index is 1100. The van der Waals surface area contributed by atoms with Gasteiger partial charge in [0.1, 0.15) is 5.82 Å². The average Bonchev–Trinajstić information content (AvgIpc) is 2.78. The van der Waals surface area contributed by atoms with E-state index in [0.29, 0.717) is 39.4 Å². The van der Waals surface area contributed by atoms with Crippen LogP contribution in [0.5, 0.6) is 17.2 Å². The number of carbonyl (C=O) groups is 2. The Kier molecular flexibility index (Phi) is 6.24. The zero-order chi connectivity index (χ0) is 23.0. The van der Waals surface area contributed by atoms with E-state index in [2.05, 4.69) is 21.2 Å². The van der Waals surface area contributed by atoms with Crippen molar-refractivity contribution in [3.8, 4) is 17.2 Å². The Morgan fingerprint density at radius 2 is 1.62 bits per heavy atom. The molecule has 2 aromatic rings. The molecule has 0 saturated carbocycles. The first-order chi connectivity index (χ1) is 15.4. The number of ketones is 1. The third-order valence-electron chi connectivity index (χ3n) is 6.04. The molecule has 2 atom stereocenters. The first kappa shape index (κ1) is 22.3. The molecular formula is C24H23BrFNO5. The summed E-state index contributed by atoms with van der Waals surface area (Å²) in [6, 6.07) is 8.29. The zero-order valence-corrected chi connectivity index (χ0v) is 19.5. The van der Waals surface area contributed by atoms with Gasteiger partial charge in [-0.3, -0.25) is 9.59 Å². The Morgan fingerprint density at radius 3 is 2.22 bits per heavy atom. The van der Waals surface area contributed by atoms with Crippen LogP contribution in [0.25, 0.3) is 0 Å². The maximum absolute atomic E-state index is 13.7. The number of methoxy groups -OCH3 is 3. The van der Waals surface area contributed by atoms with Crippen molar-refractivity contribution in [1.82, 2.24) is 5.32 Å². The SMILES string of the molecule is COc1cc(C2CC(=O)C3=C(C2)NC(=O)CC3c2ccc(F)c(Br)c2)cc(OC)c1OC. The van der Waals surface area contributed by atoms with Crippen molar-refractivity contribution in [2.24, 2.45) is 0 Å². The lowest BCUT2D eigenvalue weighted by Crippen LogP contribution is -2.38. The highest BCUT2D eigenvalue weighted by Crippen LogP contribution is 2.46.